The zero-order valence-electron chi connectivity index (χ0n) is 11.5. The number of amides is 1. The van der Waals surface area contributed by atoms with Crippen molar-refractivity contribution >= 4 is 23.2 Å². The maximum Gasteiger partial charge on any atom is 0.239 e. The van der Waals surface area contributed by atoms with E-state index in [1.54, 1.807) is 25.3 Å². The lowest BCUT2D eigenvalue weighted by Gasteiger charge is -2.11. The minimum absolute atomic E-state index is 0.0295. The molecule has 0 atom stereocenters. The summed E-state index contributed by atoms with van der Waals surface area (Å²) in [6, 6.07) is 5.25. The lowest BCUT2D eigenvalue weighted by atomic mass is 10.2. The summed E-state index contributed by atoms with van der Waals surface area (Å²) in [5, 5.41) is 6.49. The molecule has 0 aliphatic rings. The molecule has 0 aromatic heterocycles. The first-order valence-corrected chi connectivity index (χ1v) is 6.89. The Kier molecular flexibility index (Phi) is 7.11. The van der Waals surface area contributed by atoms with E-state index in [4.69, 9.17) is 16.3 Å². The Morgan fingerprint density at radius 3 is 2.84 bits per heavy atom. The van der Waals surface area contributed by atoms with Gasteiger partial charge in [0.2, 0.25) is 5.91 Å². The number of rotatable bonds is 8. The number of carbonyl (C=O) groups excluding carboxylic acids is 1. The van der Waals surface area contributed by atoms with Gasteiger partial charge in [0.1, 0.15) is 5.75 Å². The summed E-state index contributed by atoms with van der Waals surface area (Å²) in [5.74, 6) is 0.640. The molecular formula is C14H21ClN2O2. The van der Waals surface area contributed by atoms with Gasteiger partial charge in [-0.25, -0.2) is 0 Å². The number of halogens is 1. The highest BCUT2D eigenvalue weighted by Gasteiger charge is 2.05. The summed E-state index contributed by atoms with van der Waals surface area (Å²) >= 11 is 5.91. The van der Waals surface area contributed by atoms with Gasteiger partial charge in [0.15, 0.2) is 0 Å². The fourth-order valence-corrected chi connectivity index (χ4v) is 1.83. The van der Waals surface area contributed by atoms with Gasteiger partial charge in [-0.05, 0) is 24.6 Å². The van der Waals surface area contributed by atoms with Crippen LogP contribution in [0.25, 0.3) is 0 Å². The molecule has 106 valence electrons. The van der Waals surface area contributed by atoms with E-state index in [0.717, 1.165) is 31.5 Å². The van der Waals surface area contributed by atoms with Gasteiger partial charge >= 0.3 is 0 Å². The molecule has 4 nitrogen and oxygen atoms in total. The molecule has 0 aliphatic carbocycles. The molecule has 0 heterocycles. The molecule has 19 heavy (non-hydrogen) atoms. The predicted molar refractivity (Wildman–Crippen MR) is 79.0 cm³/mol. The van der Waals surface area contributed by atoms with Crippen molar-refractivity contribution in [2.75, 3.05) is 25.5 Å². The van der Waals surface area contributed by atoms with Gasteiger partial charge in [0.25, 0.3) is 0 Å². The number of nitrogens with one attached hydrogen (secondary N) is 2. The smallest absolute Gasteiger partial charge is 0.239 e. The van der Waals surface area contributed by atoms with Crippen LogP contribution in [0.2, 0.25) is 5.02 Å². The van der Waals surface area contributed by atoms with Gasteiger partial charge < -0.3 is 15.4 Å². The van der Waals surface area contributed by atoms with Crippen molar-refractivity contribution in [3.8, 4) is 5.75 Å². The lowest BCUT2D eigenvalue weighted by molar-refractivity contribution is -0.119. The van der Waals surface area contributed by atoms with Gasteiger partial charge in [-0.1, -0.05) is 31.4 Å². The lowest BCUT2D eigenvalue weighted by Crippen LogP contribution is -2.30. The SMILES string of the molecule is CCCCCNC(=O)CNc1cc(Cl)ccc1OC. The van der Waals surface area contributed by atoms with Crippen LogP contribution in [0.4, 0.5) is 5.69 Å². The third kappa shape index (κ3) is 5.83. The fraction of sp³-hybridized carbons (Fsp3) is 0.500. The van der Waals surface area contributed by atoms with Crippen molar-refractivity contribution < 1.29 is 9.53 Å². The Balaban J connectivity index is 2.39. The van der Waals surface area contributed by atoms with Crippen LogP contribution in [-0.4, -0.2) is 26.1 Å². The van der Waals surface area contributed by atoms with E-state index in [9.17, 15) is 4.79 Å². The van der Waals surface area contributed by atoms with Gasteiger partial charge in [0, 0.05) is 11.6 Å². The first-order valence-electron chi connectivity index (χ1n) is 6.51. The minimum Gasteiger partial charge on any atom is -0.495 e. The Hall–Kier alpha value is -1.42. The highest BCUT2D eigenvalue weighted by Crippen LogP contribution is 2.27. The van der Waals surface area contributed by atoms with E-state index < -0.39 is 0 Å². The number of methoxy groups -OCH3 is 1. The molecule has 1 amide bonds. The van der Waals surface area contributed by atoms with Crippen LogP contribution in [0, 0.1) is 0 Å². The van der Waals surface area contributed by atoms with Gasteiger partial charge in [-0.3, -0.25) is 4.79 Å². The van der Waals surface area contributed by atoms with Crippen LogP contribution in [0.15, 0.2) is 18.2 Å². The third-order valence-corrected chi connectivity index (χ3v) is 2.94. The van der Waals surface area contributed by atoms with Crippen LogP contribution < -0.4 is 15.4 Å². The van der Waals surface area contributed by atoms with Crippen LogP contribution in [0.5, 0.6) is 5.75 Å². The van der Waals surface area contributed by atoms with Crippen molar-refractivity contribution in [1.29, 1.82) is 0 Å². The second-order valence-corrected chi connectivity index (χ2v) is 4.69. The summed E-state index contributed by atoms with van der Waals surface area (Å²) in [6.45, 7) is 3.07. The summed E-state index contributed by atoms with van der Waals surface area (Å²) < 4.78 is 5.19. The summed E-state index contributed by atoms with van der Waals surface area (Å²) in [6.07, 6.45) is 3.30. The quantitative estimate of drug-likeness (QED) is 0.721. The van der Waals surface area contributed by atoms with Crippen molar-refractivity contribution in [3.05, 3.63) is 23.2 Å². The molecule has 1 rings (SSSR count). The molecule has 0 spiro atoms. The molecule has 0 saturated heterocycles. The molecule has 1 aromatic carbocycles. The predicted octanol–water partition coefficient (Wildman–Crippen LogP) is 3.07. The van der Waals surface area contributed by atoms with Gasteiger partial charge in [-0.2, -0.15) is 0 Å². The maximum atomic E-state index is 11.6. The Morgan fingerprint density at radius 2 is 2.16 bits per heavy atom. The van der Waals surface area contributed by atoms with Crippen LogP contribution >= 0.6 is 11.6 Å². The molecular weight excluding hydrogens is 264 g/mol. The topological polar surface area (TPSA) is 50.4 Å². The summed E-state index contributed by atoms with van der Waals surface area (Å²) in [4.78, 5) is 11.6. The average molecular weight is 285 g/mol. The van der Waals surface area contributed by atoms with E-state index in [0.29, 0.717) is 10.8 Å². The highest BCUT2D eigenvalue weighted by atomic mass is 35.5. The van der Waals surface area contributed by atoms with E-state index in [2.05, 4.69) is 17.6 Å². The maximum absolute atomic E-state index is 11.6. The number of benzene rings is 1. The van der Waals surface area contributed by atoms with E-state index in [1.807, 2.05) is 0 Å². The van der Waals surface area contributed by atoms with Gasteiger partial charge in [-0.15, -0.1) is 0 Å². The second-order valence-electron chi connectivity index (χ2n) is 4.26. The number of unbranched alkanes of at least 4 members (excludes halogenated alkanes) is 2. The zero-order valence-corrected chi connectivity index (χ0v) is 12.2. The number of anilines is 1. The first kappa shape index (κ1) is 15.6. The molecule has 0 saturated carbocycles. The molecule has 0 aliphatic heterocycles. The molecule has 0 bridgehead atoms. The normalized spacial score (nSPS) is 10.1. The highest BCUT2D eigenvalue weighted by molar-refractivity contribution is 6.30. The largest absolute Gasteiger partial charge is 0.495 e. The molecule has 0 unspecified atom stereocenters. The van der Waals surface area contributed by atoms with Gasteiger partial charge in [0.05, 0.1) is 19.3 Å². The zero-order chi connectivity index (χ0) is 14.1. The monoisotopic (exact) mass is 284 g/mol. The van der Waals surface area contributed by atoms with Crippen LogP contribution in [-0.2, 0) is 4.79 Å². The molecule has 0 radical (unpaired) electrons. The fourth-order valence-electron chi connectivity index (χ4n) is 1.66. The molecule has 2 N–H and O–H groups in total. The Bertz CT molecular complexity index is 410. The van der Waals surface area contributed by atoms with Crippen molar-refractivity contribution in [2.24, 2.45) is 0 Å². The molecule has 0 fully saturated rings. The van der Waals surface area contributed by atoms with Crippen molar-refractivity contribution in [1.82, 2.24) is 5.32 Å². The number of hydrogen-bond acceptors (Lipinski definition) is 3. The van der Waals surface area contributed by atoms with E-state index in [1.165, 1.54) is 0 Å². The molecule has 1 aromatic rings. The average Bonchev–Trinajstić information content (AvgIpc) is 2.41. The number of carbonyl (C=O) groups is 1. The third-order valence-electron chi connectivity index (χ3n) is 2.70. The summed E-state index contributed by atoms with van der Waals surface area (Å²) in [7, 11) is 1.58. The molecule has 5 heteroatoms. The van der Waals surface area contributed by atoms with Crippen molar-refractivity contribution in [2.45, 2.75) is 26.2 Å². The first-order chi connectivity index (χ1) is 9.17. The van der Waals surface area contributed by atoms with Crippen LogP contribution in [0.3, 0.4) is 0 Å². The minimum atomic E-state index is -0.0295. The number of hydrogen-bond donors (Lipinski definition) is 2. The van der Waals surface area contributed by atoms with Crippen LogP contribution in [0.1, 0.15) is 26.2 Å². The number of ether oxygens (including phenoxy) is 1. The van der Waals surface area contributed by atoms with E-state index >= 15 is 0 Å². The summed E-state index contributed by atoms with van der Waals surface area (Å²) in [5.41, 5.74) is 0.721. The van der Waals surface area contributed by atoms with Crippen molar-refractivity contribution in [3.63, 3.8) is 0 Å². The Labute approximate surface area is 119 Å². The van der Waals surface area contributed by atoms with E-state index in [-0.39, 0.29) is 12.5 Å². The Morgan fingerprint density at radius 1 is 1.37 bits per heavy atom. The standard InChI is InChI=1S/C14H21ClN2O2/c1-3-4-5-8-16-14(18)10-17-12-9-11(15)6-7-13(12)19-2/h6-7,9,17H,3-5,8,10H2,1-2H3,(H,16,18). The second kappa shape index (κ2) is 8.64.